The van der Waals surface area contributed by atoms with Crippen molar-refractivity contribution in [2.75, 3.05) is 13.1 Å². The average molecular weight is 256 g/mol. The van der Waals surface area contributed by atoms with Gasteiger partial charge in [-0.25, -0.2) is 0 Å². The fraction of sp³-hybridized carbons (Fsp3) is 0.529. The van der Waals surface area contributed by atoms with E-state index in [1.165, 1.54) is 67.4 Å². The molecule has 1 aliphatic heterocycles. The molecule has 102 valence electrons. The summed E-state index contributed by atoms with van der Waals surface area (Å²) >= 11 is 0. The van der Waals surface area contributed by atoms with Gasteiger partial charge in [-0.05, 0) is 69.7 Å². The summed E-state index contributed by atoms with van der Waals surface area (Å²) in [4.78, 5) is 3.50. The standard InChI is InChI=1S/C17H24N2/c1-13-15(16-8-2-3-10-17(16)19-13)9-4-6-14-7-5-11-18-12-14/h2-3,8,10,14,18-19H,4-7,9,11-12H2,1H3. The Labute approximate surface area is 115 Å². The Morgan fingerprint density at radius 1 is 1.26 bits per heavy atom. The molecule has 1 aromatic carbocycles. The van der Waals surface area contributed by atoms with E-state index in [0.717, 1.165) is 5.92 Å². The molecule has 2 N–H and O–H groups in total. The van der Waals surface area contributed by atoms with Crippen LogP contribution < -0.4 is 5.32 Å². The second kappa shape index (κ2) is 5.79. The van der Waals surface area contributed by atoms with E-state index < -0.39 is 0 Å². The first kappa shape index (κ1) is 12.7. The lowest BCUT2D eigenvalue weighted by Gasteiger charge is -2.22. The zero-order chi connectivity index (χ0) is 13.1. The number of aromatic nitrogens is 1. The van der Waals surface area contributed by atoms with Crippen molar-refractivity contribution in [1.82, 2.24) is 10.3 Å². The van der Waals surface area contributed by atoms with E-state index in [1.807, 2.05) is 0 Å². The first-order chi connectivity index (χ1) is 9.34. The van der Waals surface area contributed by atoms with Crippen LogP contribution in [-0.2, 0) is 6.42 Å². The number of aromatic amines is 1. The number of fused-ring (bicyclic) bond motifs is 1. The molecule has 1 atom stereocenters. The minimum Gasteiger partial charge on any atom is -0.358 e. The van der Waals surface area contributed by atoms with Crippen molar-refractivity contribution in [2.24, 2.45) is 5.92 Å². The Hall–Kier alpha value is -1.28. The number of hydrogen-bond acceptors (Lipinski definition) is 1. The van der Waals surface area contributed by atoms with E-state index >= 15 is 0 Å². The molecule has 1 aliphatic rings. The van der Waals surface area contributed by atoms with Crippen molar-refractivity contribution in [3.63, 3.8) is 0 Å². The summed E-state index contributed by atoms with van der Waals surface area (Å²) in [7, 11) is 0. The zero-order valence-electron chi connectivity index (χ0n) is 11.8. The van der Waals surface area contributed by atoms with Crippen molar-refractivity contribution in [3.8, 4) is 0 Å². The number of nitrogens with one attached hydrogen (secondary N) is 2. The molecule has 0 radical (unpaired) electrons. The highest BCUT2D eigenvalue weighted by atomic mass is 14.9. The van der Waals surface area contributed by atoms with Gasteiger partial charge in [0.1, 0.15) is 0 Å². The van der Waals surface area contributed by atoms with Gasteiger partial charge in [0.25, 0.3) is 0 Å². The molecule has 2 heteroatoms. The van der Waals surface area contributed by atoms with Crippen LogP contribution >= 0.6 is 0 Å². The predicted octanol–water partition coefficient (Wildman–Crippen LogP) is 3.80. The van der Waals surface area contributed by atoms with Crippen molar-refractivity contribution in [2.45, 2.75) is 39.0 Å². The third kappa shape index (κ3) is 2.84. The Balaban J connectivity index is 1.63. The Kier molecular flexibility index (Phi) is 3.88. The highest BCUT2D eigenvalue weighted by Crippen LogP contribution is 2.25. The van der Waals surface area contributed by atoms with Crippen LogP contribution in [0, 0.1) is 12.8 Å². The molecule has 0 saturated carbocycles. The molecule has 1 aromatic heterocycles. The Bertz CT molecular complexity index is 535. The van der Waals surface area contributed by atoms with Crippen molar-refractivity contribution < 1.29 is 0 Å². The van der Waals surface area contributed by atoms with Crippen molar-refractivity contribution in [3.05, 3.63) is 35.5 Å². The van der Waals surface area contributed by atoms with Crippen molar-refractivity contribution >= 4 is 10.9 Å². The quantitative estimate of drug-likeness (QED) is 0.855. The minimum atomic E-state index is 0.902. The number of para-hydroxylation sites is 1. The molecule has 1 fully saturated rings. The van der Waals surface area contributed by atoms with Gasteiger partial charge in [0.15, 0.2) is 0 Å². The molecule has 1 unspecified atom stereocenters. The van der Waals surface area contributed by atoms with Crippen LogP contribution in [0.3, 0.4) is 0 Å². The van der Waals surface area contributed by atoms with Crippen molar-refractivity contribution in [1.29, 1.82) is 0 Å². The summed E-state index contributed by atoms with van der Waals surface area (Å²) in [6, 6.07) is 8.67. The maximum Gasteiger partial charge on any atom is 0.0458 e. The highest BCUT2D eigenvalue weighted by Gasteiger charge is 2.13. The molecule has 2 heterocycles. The first-order valence-corrected chi connectivity index (χ1v) is 7.61. The van der Waals surface area contributed by atoms with E-state index in [0.29, 0.717) is 0 Å². The molecule has 2 aromatic rings. The fourth-order valence-corrected chi connectivity index (χ4v) is 3.39. The Morgan fingerprint density at radius 2 is 2.16 bits per heavy atom. The number of rotatable bonds is 4. The molecule has 3 rings (SSSR count). The van der Waals surface area contributed by atoms with Crippen LogP contribution in [-0.4, -0.2) is 18.1 Å². The third-order valence-electron chi connectivity index (χ3n) is 4.47. The van der Waals surface area contributed by atoms with Gasteiger partial charge in [0.2, 0.25) is 0 Å². The Morgan fingerprint density at radius 3 is 3.00 bits per heavy atom. The lowest BCUT2D eigenvalue weighted by Crippen LogP contribution is -2.29. The SMILES string of the molecule is Cc1[nH]c2ccccc2c1CCCC1CCCNC1. The van der Waals surface area contributed by atoms with E-state index in [2.05, 4.69) is 41.5 Å². The fourth-order valence-electron chi connectivity index (χ4n) is 3.39. The summed E-state index contributed by atoms with van der Waals surface area (Å²) in [6.45, 7) is 4.66. The van der Waals surface area contributed by atoms with Gasteiger partial charge in [-0.2, -0.15) is 0 Å². The second-order valence-corrected chi connectivity index (χ2v) is 5.88. The van der Waals surface area contributed by atoms with Crippen LogP contribution in [0.15, 0.2) is 24.3 Å². The molecular formula is C17H24N2. The number of piperidine rings is 1. The number of hydrogen-bond donors (Lipinski definition) is 2. The smallest absolute Gasteiger partial charge is 0.0458 e. The molecule has 2 nitrogen and oxygen atoms in total. The van der Waals surface area contributed by atoms with Crippen LogP contribution in [0.25, 0.3) is 10.9 Å². The summed E-state index contributed by atoms with van der Waals surface area (Å²) in [6.07, 6.45) is 6.67. The van der Waals surface area contributed by atoms with Gasteiger partial charge in [-0.15, -0.1) is 0 Å². The molecule has 0 bridgehead atoms. The first-order valence-electron chi connectivity index (χ1n) is 7.61. The van der Waals surface area contributed by atoms with Gasteiger partial charge in [-0.1, -0.05) is 18.2 Å². The highest BCUT2D eigenvalue weighted by molar-refractivity contribution is 5.84. The summed E-state index contributed by atoms with van der Waals surface area (Å²) in [5.74, 6) is 0.902. The van der Waals surface area contributed by atoms with Crippen LogP contribution in [0.2, 0.25) is 0 Å². The van der Waals surface area contributed by atoms with Crippen LogP contribution in [0.1, 0.15) is 36.9 Å². The predicted molar refractivity (Wildman–Crippen MR) is 81.6 cm³/mol. The monoisotopic (exact) mass is 256 g/mol. The topological polar surface area (TPSA) is 27.8 Å². The molecular weight excluding hydrogens is 232 g/mol. The second-order valence-electron chi connectivity index (χ2n) is 5.88. The molecule has 1 saturated heterocycles. The molecule has 0 amide bonds. The molecule has 0 aliphatic carbocycles. The largest absolute Gasteiger partial charge is 0.358 e. The summed E-state index contributed by atoms with van der Waals surface area (Å²) in [5, 5.41) is 4.93. The third-order valence-corrected chi connectivity index (χ3v) is 4.47. The summed E-state index contributed by atoms with van der Waals surface area (Å²) < 4.78 is 0. The van der Waals surface area contributed by atoms with Gasteiger partial charge < -0.3 is 10.3 Å². The van der Waals surface area contributed by atoms with Gasteiger partial charge in [0.05, 0.1) is 0 Å². The number of H-pyrrole nitrogens is 1. The minimum absolute atomic E-state index is 0.902. The van der Waals surface area contributed by atoms with E-state index in [9.17, 15) is 0 Å². The lowest BCUT2D eigenvalue weighted by atomic mass is 9.92. The maximum absolute atomic E-state index is 3.51. The average Bonchev–Trinajstić information content (AvgIpc) is 2.76. The molecule has 19 heavy (non-hydrogen) atoms. The summed E-state index contributed by atoms with van der Waals surface area (Å²) in [5.41, 5.74) is 4.16. The number of benzene rings is 1. The normalized spacial score (nSPS) is 19.9. The van der Waals surface area contributed by atoms with Crippen LogP contribution in [0.4, 0.5) is 0 Å². The van der Waals surface area contributed by atoms with E-state index in [1.54, 1.807) is 0 Å². The maximum atomic E-state index is 3.51. The zero-order valence-corrected chi connectivity index (χ0v) is 11.8. The van der Waals surface area contributed by atoms with Gasteiger partial charge in [0, 0.05) is 16.6 Å². The van der Waals surface area contributed by atoms with Crippen LogP contribution in [0.5, 0.6) is 0 Å². The number of aryl methyl sites for hydroxylation is 2. The van der Waals surface area contributed by atoms with Gasteiger partial charge in [-0.3, -0.25) is 0 Å². The van der Waals surface area contributed by atoms with E-state index in [4.69, 9.17) is 0 Å². The lowest BCUT2D eigenvalue weighted by molar-refractivity contribution is 0.351. The molecule has 0 spiro atoms. The van der Waals surface area contributed by atoms with E-state index in [-0.39, 0.29) is 0 Å². The van der Waals surface area contributed by atoms with Gasteiger partial charge >= 0.3 is 0 Å².